The van der Waals surface area contributed by atoms with Crippen molar-refractivity contribution in [3.05, 3.63) is 64.4 Å². The molecule has 0 saturated heterocycles. The lowest BCUT2D eigenvalue weighted by Crippen LogP contribution is -2.37. The predicted octanol–water partition coefficient (Wildman–Crippen LogP) is 3.01. The summed E-state index contributed by atoms with van der Waals surface area (Å²) < 4.78 is 5.43. The number of hydrogen-bond acceptors (Lipinski definition) is 4. The standard InChI is InChI=1S/C19H22N2O3S/c1-4-11-24-16-8-6-15(7-9-16)13-21(3)18(22)12-20-19(23)17-10-5-14(2)25-17/h4-10H,1,11-13H2,2-3H3,(H,20,23). The van der Waals surface area contributed by atoms with Crippen molar-refractivity contribution in [3.63, 3.8) is 0 Å². The molecule has 2 rings (SSSR count). The van der Waals surface area contributed by atoms with E-state index < -0.39 is 0 Å². The minimum Gasteiger partial charge on any atom is -0.490 e. The molecule has 0 atom stereocenters. The number of nitrogens with one attached hydrogen (secondary N) is 1. The van der Waals surface area contributed by atoms with E-state index in [9.17, 15) is 9.59 Å². The second kappa shape index (κ2) is 9.03. The van der Waals surface area contributed by atoms with Gasteiger partial charge in [0.15, 0.2) is 0 Å². The van der Waals surface area contributed by atoms with E-state index in [0.717, 1.165) is 16.2 Å². The summed E-state index contributed by atoms with van der Waals surface area (Å²) in [5, 5.41) is 2.66. The van der Waals surface area contributed by atoms with Crippen LogP contribution in [0.4, 0.5) is 0 Å². The third-order valence-electron chi connectivity index (χ3n) is 3.50. The smallest absolute Gasteiger partial charge is 0.261 e. The number of carbonyl (C=O) groups is 2. The third-order valence-corrected chi connectivity index (χ3v) is 4.50. The van der Waals surface area contributed by atoms with Crippen LogP contribution >= 0.6 is 11.3 Å². The fourth-order valence-electron chi connectivity index (χ4n) is 2.14. The molecule has 0 fully saturated rings. The molecule has 0 saturated carbocycles. The topological polar surface area (TPSA) is 58.6 Å². The highest BCUT2D eigenvalue weighted by Crippen LogP contribution is 2.15. The summed E-state index contributed by atoms with van der Waals surface area (Å²) in [5.41, 5.74) is 0.988. The maximum Gasteiger partial charge on any atom is 0.261 e. The van der Waals surface area contributed by atoms with E-state index in [1.54, 1.807) is 24.1 Å². The molecule has 0 aliphatic heterocycles. The van der Waals surface area contributed by atoms with Crippen LogP contribution in [0.15, 0.2) is 49.1 Å². The number of amides is 2. The van der Waals surface area contributed by atoms with Gasteiger partial charge in [0.2, 0.25) is 5.91 Å². The van der Waals surface area contributed by atoms with Crippen LogP contribution in [0.1, 0.15) is 20.1 Å². The van der Waals surface area contributed by atoms with Crippen LogP contribution in [0.2, 0.25) is 0 Å². The summed E-state index contributed by atoms with van der Waals surface area (Å²) in [6.45, 7) is 6.45. The first-order chi connectivity index (χ1) is 12.0. The Hall–Kier alpha value is -2.60. The molecule has 1 heterocycles. The highest BCUT2D eigenvalue weighted by molar-refractivity contribution is 7.13. The molecule has 1 aromatic carbocycles. The minimum atomic E-state index is -0.219. The van der Waals surface area contributed by atoms with Gasteiger partial charge >= 0.3 is 0 Å². The van der Waals surface area contributed by atoms with Crippen LogP contribution in [0.25, 0.3) is 0 Å². The first kappa shape index (κ1) is 18.7. The summed E-state index contributed by atoms with van der Waals surface area (Å²) >= 11 is 1.41. The van der Waals surface area contributed by atoms with Crippen LogP contribution < -0.4 is 10.1 Å². The monoisotopic (exact) mass is 358 g/mol. The summed E-state index contributed by atoms with van der Waals surface area (Å²) in [6, 6.07) is 11.2. The Morgan fingerprint density at radius 3 is 2.56 bits per heavy atom. The quantitative estimate of drug-likeness (QED) is 0.738. The molecule has 0 unspecified atom stereocenters. The molecular formula is C19H22N2O3S. The molecule has 1 aromatic heterocycles. The van der Waals surface area contributed by atoms with Crippen LogP contribution in [-0.4, -0.2) is 36.9 Å². The van der Waals surface area contributed by atoms with Gasteiger partial charge in [-0.1, -0.05) is 24.8 Å². The molecule has 25 heavy (non-hydrogen) atoms. The molecule has 2 amide bonds. The summed E-state index contributed by atoms with van der Waals surface area (Å²) in [4.78, 5) is 27.4. The molecule has 1 N–H and O–H groups in total. The Kier molecular flexibility index (Phi) is 6.77. The van der Waals surface area contributed by atoms with Gasteiger partial charge in [0.25, 0.3) is 5.91 Å². The lowest BCUT2D eigenvalue weighted by Gasteiger charge is -2.17. The summed E-state index contributed by atoms with van der Waals surface area (Å²) in [7, 11) is 1.71. The fourth-order valence-corrected chi connectivity index (χ4v) is 2.93. The number of benzene rings is 1. The maximum absolute atomic E-state index is 12.2. The van der Waals surface area contributed by atoms with E-state index >= 15 is 0 Å². The van der Waals surface area contributed by atoms with Crippen LogP contribution in [0, 0.1) is 6.92 Å². The first-order valence-corrected chi connectivity index (χ1v) is 8.72. The van der Waals surface area contributed by atoms with E-state index in [1.807, 2.05) is 37.3 Å². The third kappa shape index (κ3) is 5.76. The largest absolute Gasteiger partial charge is 0.490 e. The van der Waals surface area contributed by atoms with Crippen molar-refractivity contribution >= 4 is 23.2 Å². The zero-order valence-corrected chi connectivity index (χ0v) is 15.3. The van der Waals surface area contributed by atoms with Crippen molar-refractivity contribution in [2.24, 2.45) is 0 Å². The average Bonchev–Trinajstić information content (AvgIpc) is 3.05. The molecule has 0 bridgehead atoms. The van der Waals surface area contributed by atoms with Gasteiger partial charge < -0.3 is 15.0 Å². The van der Waals surface area contributed by atoms with Gasteiger partial charge in [-0.15, -0.1) is 11.3 Å². The van der Waals surface area contributed by atoms with Crippen molar-refractivity contribution in [1.29, 1.82) is 0 Å². The Bertz CT molecular complexity index is 737. The number of thiophene rings is 1. The van der Waals surface area contributed by atoms with Gasteiger partial charge in [-0.3, -0.25) is 9.59 Å². The molecular weight excluding hydrogens is 336 g/mol. The Labute approximate surface area is 151 Å². The number of rotatable bonds is 8. The lowest BCUT2D eigenvalue weighted by atomic mass is 10.2. The lowest BCUT2D eigenvalue weighted by molar-refractivity contribution is -0.129. The number of carbonyl (C=O) groups excluding carboxylic acids is 2. The molecule has 0 aliphatic rings. The van der Waals surface area contributed by atoms with Gasteiger partial charge in [0.1, 0.15) is 12.4 Å². The van der Waals surface area contributed by atoms with Crippen LogP contribution in [0.5, 0.6) is 5.75 Å². The molecule has 6 heteroatoms. The van der Waals surface area contributed by atoms with Crippen LogP contribution in [-0.2, 0) is 11.3 Å². The van der Waals surface area contributed by atoms with Gasteiger partial charge in [-0.05, 0) is 36.8 Å². The number of likely N-dealkylation sites (N-methyl/N-ethyl adjacent to an activating group) is 1. The Morgan fingerprint density at radius 2 is 1.96 bits per heavy atom. The molecule has 0 spiro atoms. The number of hydrogen-bond donors (Lipinski definition) is 1. The van der Waals surface area contributed by atoms with Crippen molar-refractivity contribution in [1.82, 2.24) is 10.2 Å². The highest BCUT2D eigenvalue weighted by Gasteiger charge is 2.13. The average molecular weight is 358 g/mol. The zero-order valence-electron chi connectivity index (χ0n) is 14.5. The second-order valence-electron chi connectivity index (χ2n) is 5.59. The van der Waals surface area contributed by atoms with E-state index in [4.69, 9.17) is 4.74 Å². The highest BCUT2D eigenvalue weighted by atomic mass is 32.1. The van der Waals surface area contributed by atoms with Gasteiger partial charge in [-0.25, -0.2) is 0 Å². The molecule has 0 aliphatic carbocycles. The summed E-state index contributed by atoms with van der Waals surface area (Å²) in [5.74, 6) is 0.397. The fraction of sp³-hybridized carbons (Fsp3) is 0.263. The predicted molar refractivity (Wildman–Crippen MR) is 100.0 cm³/mol. The number of ether oxygens (including phenoxy) is 1. The number of nitrogens with zero attached hydrogens (tertiary/aromatic N) is 1. The molecule has 2 aromatic rings. The minimum absolute atomic E-state index is 0.0210. The Morgan fingerprint density at radius 1 is 1.24 bits per heavy atom. The van der Waals surface area contributed by atoms with Crippen LogP contribution in [0.3, 0.4) is 0 Å². The Balaban J connectivity index is 1.81. The first-order valence-electron chi connectivity index (χ1n) is 7.91. The maximum atomic E-state index is 12.2. The normalized spacial score (nSPS) is 10.2. The van der Waals surface area contributed by atoms with Crippen molar-refractivity contribution < 1.29 is 14.3 Å². The van der Waals surface area contributed by atoms with E-state index in [2.05, 4.69) is 11.9 Å². The van der Waals surface area contributed by atoms with Crippen molar-refractivity contribution in [2.75, 3.05) is 20.2 Å². The molecule has 5 nitrogen and oxygen atoms in total. The number of aryl methyl sites for hydroxylation is 1. The van der Waals surface area contributed by atoms with Crippen molar-refractivity contribution in [3.8, 4) is 5.75 Å². The molecule has 0 radical (unpaired) electrons. The van der Waals surface area contributed by atoms with E-state index in [1.165, 1.54) is 11.3 Å². The van der Waals surface area contributed by atoms with Crippen molar-refractivity contribution in [2.45, 2.75) is 13.5 Å². The van der Waals surface area contributed by atoms with Gasteiger partial charge in [-0.2, -0.15) is 0 Å². The van der Waals surface area contributed by atoms with E-state index in [0.29, 0.717) is 18.0 Å². The second-order valence-corrected chi connectivity index (χ2v) is 6.87. The molecule has 132 valence electrons. The van der Waals surface area contributed by atoms with Gasteiger partial charge in [0.05, 0.1) is 11.4 Å². The van der Waals surface area contributed by atoms with Gasteiger partial charge in [0, 0.05) is 18.5 Å². The summed E-state index contributed by atoms with van der Waals surface area (Å²) in [6.07, 6.45) is 1.69. The van der Waals surface area contributed by atoms with E-state index in [-0.39, 0.29) is 18.4 Å². The SMILES string of the molecule is C=CCOc1ccc(CN(C)C(=O)CNC(=O)c2ccc(C)s2)cc1. The zero-order chi connectivity index (χ0) is 18.2.